The van der Waals surface area contributed by atoms with Gasteiger partial charge in [0, 0.05) is 48.2 Å². The number of anilines is 1. The van der Waals surface area contributed by atoms with Crippen molar-refractivity contribution in [2.45, 2.75) is 75.9 Å². The van der Waals surface area contributed by atoms with Crippen molar-refractivity contribution >= 4 is 38.7 Å². The molecular formula is C41H49ClN4O6S. The number of ether oxygens (including phenoxy) is 3. The number of fused-ring (bicyclic) bond motifs is 4. The molecule has 2 aromatic carbocycles. The van der Waals surface area contributed by atoms with E-state index in [9.17, 15) is 13.8 Å². The fraction of sp³-hybridized carbons (Fsp3) is 0.537. The van der Waals surface area contributed by atoms with E-state index in [2.05, 4.69) is 38.6 Å². The second-order valence-corrected chi connectivity index (χ2v) is 18.7. The van der Waals surface area contributed by atoms with E-state index >= 15 is 0 Å². The molecule has 1 spiro atoms. The molecule has 1 amide bonds. The molecule has 2 bridgehead atoms. The second kappa shape index (κ2) is 14.5. The summed E-state index contributed by atoms with van der Waals surface area (Å²) in [6, 6.07) is 11.9. The molecule has 0 N–H and O–H groups in total. The minimum absolute atomic E-state index is 0.0536. The van der Waals surface area contributed by atoms with E-state index < -0.39 is 27.2 Å². The molecule has 3 heterocycles. The lowest BCUT2D eigenvalue weighted by Crippen LogP contribution is -2.49. The van der Waals surface area contributed by atoms with Gasteiger partial charge in [-0.1, -0.05) is 36.7 Å². The number of nitrogens with zero attached hydrogens (tertiary/aromatic N) is 4. The molecule has 10 nitrogen and oxygen atoms in total. The number of carbonyl (C=O) groups excluding carboxylic acids is 2. The molecule has 0 radical (unpaired) electrons. The minimum Gasteiger partial charge on any atom is -0.490 e. The van der Waals surface area contributed by atoms with E-state index in [1.54, 1.807) is 24.1 Å². The third-order valence-electron chi connectivity index (χ3n) is 12.0. The van der Waals surface area contributed by atoms with Crippen LogP contribution in [0.15, 0.2) is 59.1 Å². The molecule has 53 heavy (non-hydrogen) atoms. The first-order valence-corrected chi connectivity index (χ1v) is 21.2. The van der Waals surface area contributed by atoms with Crippen molar-refractivity contribution in [2.24, 2.45) is 22.1 Å². The van der Waals surface area contributed by atoms with Crippen LogP contribution in [0, 0.1) is 17.8 Å². The number of Topliss-reactive ketones (excluding diaryl/α,β-unsaturated/α-hetero) is 1. The van der Waals surface area contributed by atoms with Crippen molar-refractivity contribution in [1.82, 2.24) is 9.78 Å². The number of methoxy groups -OCH3 is 2. The normalized spacial score (nSPS) is 30.6. The van der Waals surface area contributed by atoms with Crippen LogP contribution in [0.4, 0.5) is 5.69 Å². The van der Waals surface area contributed by atoms with Crippen LogP contribution in [0.3, 0.4) is 0 Å². The summed E-state index contributed by atoms with van der Waals surface area (Å²) in [6.45, 7) is 4.00. The van der Waals surface area contributed by atoms with Crippen LogP contribution >= 0.6 is 11.6 Å². The van der Waals surface area contributed by atoms with Gasteiger partial charge in [-0.3, -0.25) is 14.3 Å². The zero-order valence-electron chi connectivity index (χ0n) is 30.8. The van der Waals surface area contributed by atoms with Crippen LogP contribution in [0.25, 0.3) is 0 Å². The minimum atomic E-state index is -3.35. The van der Waals surface area contributed by atoms with E-state index in [1.165, 1.54) is 18.2 Å². The molecule has 2 fully saturated rings. The molecule has 2 saturated carbocycles. The van der Waals surface area contributed by atoms with Gasteiger partial charge in [-0.2, -0.15) is 4.36 Å². The van der Waals surface area contributed by atoms with Crippen molar-refractivity contribution in [2.75, 3.05) is 50.3 Å². The van der Waals surface area contributed by atoms with Gasteiger partial charge in [0.25, 0.3) is 5.91 Å². The summed E-state index contributed by atoms with van der Waals surface area (Å²) in [5, 5.41) is 5.19. The van der Waals surface area contributed by atoms with Crippen LogP contribution in [-0.4, -0.2) is 77.2 Å². The van der Waals surface area contributed by atoms with Gasteiger partial charge in [0.1, 0.15) is 11.3 Å². The molecule has 282 valence electrons. The largest absolute Gasteiger partial charge is 0.490 e. The molecule has 8 rings (SSSR count). The van der Waals surface area contributed by atoms with Crippen molar-refractivity contribution < 1.29 is 28.0 Å². The molecule has 2 aliphatic heterocycles. The number of allylic oxidation sites excluding steroid dienone is 1. The van der Waals surface area contributed by atoms with Gasteiger partial charge in [-0.05, 0) is 111 Å². The number of benzene rings is 2. The van der Waals surface area contributed by atoms with E-state index in [0.29, 0.717) is 36.2 Å². The number of rotatable bonds is 6. The van der Waals surface area contributed by atoms with Gasteiger partial charge in [0.15, 0.2) is 5.78 Å². The Balaban J connectivity index is 1.19. The van der Waals surface area contributed by atoms with Crippen LogP contribution in [0.5, 0.6) is 11.6 Å². The summed E-state index contributed by atoms with van der Waals surface area (Å²) in [7, 11) is -0.103. The van der Waals surface area contributed by atoms with Gasteiger partial charge in [-0.25, -0.2) is 4.21 Å². The number of halogens is 1. The Morgan fingerprint density at radius 2 is 1.98 bits per heavy atom. The van der Waals surface area contributed by atoms with Crippen molar-refractivity contribution in [3.8, 4) is 11.6 Å². The summed E-state index contributed by atoms with van der Waals surface area (Å²) < 4.78 is 39.2. The average Bonchev–Trinajstić information content (AvgIpc) is 3.90. The summed E-state index contributed by atoms with van der Waals surface area (Å²) in [5.41, 5.74) is 3.71. The maximum atomic E-state index is 14.8. The molecule has 6 atom stereocenters. The second-order valence-electron chi connectivity index (χ2n) is 15.9. The lowest BCUT2D eigenvalue weighted by molar-refractivity contribution is 0.0131. The highest BCUT2D eigenvalue weighted by molar-refractivity contribution is 7.94. The lowest BCUT2D eigenvalue weighted by Gasteiger charge is -2.46. The van der Waals surface area contributed by atoms with Crippen LogP contribution in [-0.2, 0) is 26.3 Å². The van der Waals surface area contributed by atoms with E-state index in [4.69, 9.17) is 25.8 Å². The maximum Gasteiger partial charge on any atom is 0.285 e. The predicted molar refractivity (Wildman–Crippen MR) is 206 cm³/mol. The zero-order valence-corrected chi connectivity index (χ0v) is 32.4. The number of aromatic nitrogens is 2. The number of carbonyl (C=O) groups is 2. The third kappa shape index (κ3) is 7.29. The molecule has 12 heteroatoms. The van der Waals surface area contributed by atoms with E-state index in [1.807, 2.05) is 25.1 Å². The molecule has 3 aliphatic carbocycles. The Kier molecular flexibility index (Phi) is 9.95. The number of hydrogen-bond donors (Lipinski definition) is 0. The maximum absolute atomic E-state index is 14.8. The van der Waals surface area contributed by atoms with Gasteiger partial charge in [0.2, 0.25) is 5.88 Å². The fourth-order valence-electron chi connectivity index (χ4n) is 9.00. The first-order chi connectivity index (χ1) is 25.6. The summed E-state index contributed by atoms with van der Waals surface area (Å²) in [6.07, 6.45) is 13.6. The Hall–Kier alpha value is -3.67. The van der Waals surface area contributed by atoms with E-state index in [0.717, 1.165) is 68.7 Å². The van der Waals surface area contributed by atoms with Crippen molar-refractivity contribution in [1.29, 1.82) is 0 Å². The standard InChI is InChI=1S/C41H49ClN4O6S/c1-26-6-4-8-37(50-2)32-14-9-29(32)20-45-24-41(17-5-7-27-18-30(42)11-15-34(27)41)25-52-38-16-10-28(19-35(38)45)39(48)44-53(49,22-26)23-36(47)33-21-46(31-12-13-31)43-40(33)51-3/h4,8,10-11,15-16,18-19,21,26,29,31-32,37H,5-7,9,12-14,17,20,22-25H2,1-3H3/b8-4+/t26-,29-,32+,37-,41-,53+/m0/s1. The predicted octanol–water partition coefficient (Wildman–Crippen LogP) is 7.48. The van der Waals surface area contributed by atoms with Gasteiger partial charge >= 0.3 is 0 Å². The highest BCUT2D eigenvalue weighted by atomic mass is 35.5. The van der Waals surface area contributed by atoms with Gasteiger partial charge in [-0.15, -0.1) is 5.10 Å². The highest BCUT2D eigenvalue weighted by Crippen LogP contribution is 2.47. The SMILES string of the molecule is COc1nn(C2CC2)cc1C(=O)C[S@@]1(=O)=NC(=O)c2ccc3c(c2)N(C[C@@H]2CC[C@H]2[C@@H](OC)/C=C/C[C@H](C)C1)C[C@@]1(CCCc2cc(Cl)ccc21)CO3. The quantitative estimate of drug-likeness (QED) is 0.188. The van der Waals surface area contributed by atoms with Crippen molar-refractivity contribution in [3.05, 3.63) is 82.0 Å². The molecule has 5 aliphatic rings. The number of hydrogen-bond acceptors (Lipinski definition) is 8. The third-order valence-corrected chi connectivity index (χ3v) is 14.6. The van der Waals surface area contributed by atoms with Gasteiger partial charge in [0.05, 0.1) is 47.0 Å². The zero-order chi connectivity index (χ0) is 36.9. The van der Waals surface area contributed by atoms with E-state index in [-0.39, 0.29) is 40.7 Å². The molecule has 0 unspecified atom stereocenters. The fourth-order valence-corrected chi connectivity index (χ4v) is 11.4. The topological polar surface area (TPSA) is 112 Å². The van der Waals surface area contributed by atoms with Crippen LogP contribution in [0.2, 0.25) is 5.02 Å². The highest BCUT2D eigenvalue weighted by Gasteiger charge is 2.44. The summed E-state index contributed by atoms with van der Waals surface area (Å²) in [4.78, 5) is 30.4. The Labute approximate surface area is 317 Å². The number of ketones is 1. The van der Waals surface area contributed by atoms with Crippen LogP contribution in [0.1, 0.15) is 89.8 Å². The molecule has 0 saturated heterocycles. The molecular weight excluding hydrogens is 712 g/mol. The van der Waals surface area contributed by atoms with Crippen molar-refractivity contribution in [3.63, 3.8) is 0 Å². The summed E-state index contributed by atoms with van der Waals surface area (Å²) >= 11 is 6.47. The lowest BCUT2D eigenvalue weighted by atomic mass is 9.68. The number of aryl methyl sites for hydroxylation is 1. The van der Waals surface area contributed by atoms with Crippen LogP contribution < -0.4 is 14.4 Å². The monoisotopic (exact) mass is 760 g/mol. The molecule has 1 aromatic heterocycles. The Bertz CT molecular complexity index is 2070. The molecule has 3 aromatic rings. The smallest absolute Gasteiger partial charge is 0.285 e. The Morgan fingerprint density at radius 3 is 2.74 bits per heavy atom. The average molecular weight is 761 g/mol. The first kappa shape index (κ1) is 36.3. The Morgan fingerprint density at radius 1 is 1.13 bits per heavy atom. The number of amides is 1. The first-order valence-electron chi connectivity index (χ1n) is 19.0. The van der Waals surface area contributed by atoms with Gasteiger partial charge < -0.3 is 19.1 Å². The summed E-state index contributed by atoms with van der Waals surface area (Å²) in [5.74, 6) is 0.218.